The maximum atomic E-state index is 16.1. The van der Waals surface area contributed by atoms with Gasteiger partial charge in [0, 0.05) is 84.7 Å². The van der Waals surface area contributed by atoms with Gasteiger partial charge in [-0.25, -0.2) is 13.2 Å². The molecule has 0 spiro atoms. The highest BCUT2D eigenvalue weighted by molar-refractivity contribution is 7.98. The van der Waals surface area contributed by atoms with Crippen LogP contribution in [-0.2, 0) is 78.7 Å². The molecule has 9 rings (SSSR count). The fraction of sp³-hybridized carbons (Fsp3) is 0.465. The summed E-state index contributed by atoms with van der Waals surface area (Å²) in [7, 11) is 0. The predicted octanol–water partition coefficient (Wildman–Crippen LogP) is 4.36. The molecule has 0 unspecified atom stereocenters. The number of hydrogen-bond donors (Lipinski definition) is 11. The standard InChI is InChI=1S/C71H86F3N11O12S2/c1-39-60(88)30-46(28-47-34-77-54-20-17-49(73)32-53(47)54)64(91)80-57(29-45-14-13-44-15-16-48(72)31-52(44)45)68(95)84-35-50(74)33-59(84)66(93)83-62(40(2)86)67(94)81-56(27-41-11-18-51(87)19-12-41)69(96)85-24-7-22-71(85,3)70(97)82-58(63(76)90)38-99-37-43-9-6-8-42(26-43)36-98-25-21-61(89)79-55(65(92)78-39)10-4-5-23-75/h6,8-9,11-12,14-20,26,31-32,34,39-40,46,50,55-59,62,77,86-87H,4-5,7,10,13,21-25,27-30,33,35-38,75H2,1-3H3,(H2,76,90)(H,78,92)(H,79,89)(H,80,91)(H,81,94)(H,82,97)(H,83,93)/t39-,40-,46-,50+,55+,56+,57+,58+,59+,62+,71+/m1/s1. The highest BCUT2D eigenvalue weighted by atomic mass is 32.2. The van der Waals surface area contributed by atoms with E-state index >= 15 is 23.2 Å². The fourth-order valence-corrected chi connectivity index (χ4v) is 15.0. The fourth-order valence-electron chi connectivity index (χ4n) is 13.1. The summed E-state index contributed by atoms with van der Waals surface area (Å²) in [5.41, 5.74) is 14.7. The Morgan fingerprint density at radius 2 is 1.48 bits per heavy atom. The molecule has 0 radical (unpaired) electrons. The van der Waals surface area contributed by atoms with Gasteiger partial charge in [-0.15, -0.1) is 0 Å². The van der Waals surface area contributed by atoms with Crippen LogP contribution in [0, 0.1) is 17.6 Å². The number of Topliss-reactive ketones (excluding diaryl/α,β-unsaturated/α-hetero) is 1. The zero-order valence-corrected chi connectivity index (χ0v) is 57.1. The maximum absolute atomic E-state index is 16.1. The van der Waals surface area contributed by atoms with Crippen molar-refractivity contribution in [2.45, 2.75) is 169 Å². The molecule has 5 aromatic rings. The lowest BCUT2D eigenvalue weighted by atomic mass is 9.90. The van der Waals surface area contributed by atoms with Crippen molar-refractivity contribution in [2.75, 3.05) is 31.1 Å². The zero-order chi connectivity index (χ0) is 71.2. The number of phenols is 1. The molecule has 28 heteroatoms. The van der Waals surface area contributed by atoms with Crippen LogP contribution in [0.15, 0.2) is 97.2 Å². The van der Waals surface area contributed by atoms with Gasteiger partial charge >= 0.3 is 0 Å². The number of phenolic OH excluding ortho intramolecular Hbond substituents is 1. The largest absolute Gasteiger partial charge is 0.508 e. The number of benzene rings is 4. The van der Waals surface area contributed by atoms with Crippen molar-refractivity contribution >= 4 is 98.9 Å². The average molecular weight is 1410 g/mol. The minimum atomic E-state index is -1.89. The van der Waals surface area contributed by atoms with E-state index in [1.54, 1.807) is 18.3 Å². The number of nitrogens with one attached hydrogen (secondary N) is 7. The van der Waals surface area contributed by atoms with Gasteiger partial charge in [0.05, 0.1) is 18.7 Å². The number of aliphatic hydroxyl groups excluding tert-OH is 1. The number of hydrogen-bond acceptors (Lipinski definition) is 15. The van der Waals surface area contributed by atoms with Crippen molar-refractivity contribution in [3.8, 4) is 5.75 Å². The topological polar surface area (TPSA) is 358 Å². The number of aromatic nitrogens is 1. The number of amides is 9. The quantitative estimate of drug-likeness (QED) is 0.0774. The second-order valence-corrected chi connectivity index (χ2v) is 28.3. The van der Waals surface area contributed by atoms with Crippen LogP contribution in [0.1, 0.15) is 112 Å². The molecule has 13 N–H and O–H groups in total. The molecule has 11 atom stereocenters. The van der Waals surface area contributed by atoms with Crippen LogP contribution < -0.4 is 43.4 Å². The minimum absolute atomic E-state index is 0.0229. The van der Waals surface area contributed by atoms with E-state index < -0.39 is 156 Å². The average Bonchev–Trinajstić information content (AvgIpc) is 1.70. The number of ketones is 1. The lowest BCUT2D eigenvalue weighted by molar-refractivity contribution is -0.147. The Hall–Kier alpha value is -8.73. The number of alkyl halides is 1. The number of aliphatic hydroxyl groups is 1. The number of carbonyl (C=O) groups excluding carboxylic acids is 10. The number of thioether (sulfide) groups is 2. The van der Waals surface area contributed by atoms with Crippen molar-refractivity contribution in [3.63, 3.8) is 0 Å². The molecule has 530 valence electrons. The number of rotatable bonds is 12. The van der Waals surface area contributed by atoms with E-state index in [2.05, 4.69) is 36.9 Å². The first-order valence-electron chi connectivity index (χ1n) is 33.3. The Balaban J connectivity index is 1.05. The Morgan fingerprint density at radius 1 is 0.778 bits per heavy atom. The highest BCUT2D eigenvalue weighted by Gasteiger charge is 2.49. The number of carbonyl (C=O) groups is 10. The number of fused-ring (bicyclic) bond motifs is 6. The molecule has 4 aliphatic rings. The van der Waals surface area contributed by atoms with Crippen LogP contribution in [0.25, 0.3) is 16.5 Å². The molecule has 0 saturated carbocycles. The SMILES string of the molecule is C[C@H]1NC(=O)[C@H](CCCCN)NC(=O)CCSCc2cccc(c2)CSC[C@@H](C(N)=O)NC(=O)[C@]2(C)CCCN2C(=O)[C@H](Cc2ccc(O)cc2)NC(=O)[C@H]([C@@H](C)O)NC(=O)[C@@H]2C[C@H](F)CN2C(=O)[C@H](CC2=CCc3ccc(F)cc32)NC(=O)[C@H](Cc2c[nH]c3ccc(F)cc23)CC1=O. The summed E-state index contributed by atoms with van der Waals surface area (Å²) in [4.78, 5) is 150. The van der Waals surface area contributed by atoms with E-state index in [1.807, 2.05) is 24.3 Å². The van der Waals surface area contributed by atoms with Crippen molar-refractivity contribution < 1.29 is 71.3 Å². The Bertz CT molecular complexity index is 3860. The van der Waals surface area contributed by atoms with Gasteiger partial charge in [-0.2, -0.15) is 23.5 Å². The van der Waals surface area contributed by atoms with E-state index in [0.717, 1.165) is 16.0 Å². The van der Waals surface area contributed by atoms with Gasteiger partial charge in [0.25, 0.3) is 0 Å². The molecule has 1 aliphatic carbocycles. The number of halogens is 3. The molecule has 2 fully saturated rings. The van der Waals surface area contributed by atoms with Crippen molar-refractivity contribution in [2.24, 2.45) is 17.4 Å². The smallest absolute Gasteiger partial charge is 0.246 e. The number of allylic oxidation sites excluding steroid dienone is 1. The van der Waals surface area contributed by atoms with Crippen molar-refractivity contribution in [1.82, 2.24) is 46.7 Å². The second kappa shape index (κ2) is 33.9. The lowest BCUT2D eigenvalue weighted by Gasteiger charge is -2.37. The van der Waals surface area contributed by atoms with Gasteiger partial charge in [-0.05, 0) is 154 Å². The number of primary amides is 1. The third-order valence-electron chi connectivity index (χ3n) is 18.7. The molecule has 9 amide bonds. The minimum Gasteiger partial charge on any atom is -0.508 e. The summed E-state index contributed by atoms with van der Waals surface area (Å²) >= 11 is 2.81. The molecule has 2 bridgehead atoms. The first kappa shape index (κ1) is 74.5. The number of unbranched alkanes of at least 4 members (excludes halogenated alkanes) is 1. The number of aromatic amines is 1. The van der Waals surface area contributed by atoms with Crippen LogP contribution in [-0.4, -0.2) is 175 Å². The molecule has 1 aromatic heterocycles. The van der Waals surface area contributed by atoms with E-state index in [4.69, 9.17) is 11.5 Å². The second-order valence-electron chi connectivity index (χ2n) is 26.1. The number of aromatic hydroxyl groups is 1. The Labute approximate surface area is 580 Å². The van der Waals surface area contributed by atoms with Crippen LogP contribution in [0.4, 0.5) is 13.2 Å². The van der Waals surface area contributed by atoms with Crippen molar-refractivity contribution in [3.05, 3.63) is 142 Å². The number of nitrogens with zero attached hydrogens (tertiary/aromatic N) is 2. The van der Waals surface area contributed by atoms with Crippen LogP contribution >= 0.6 is 23.5 Å². The monoisotopic (exact) mass is 1410 g/mol. The van der Waals surface area contributed by atoms with Crippen LogP contribution in [0.3, 0.4) is 0 Å². The molecule has 23 nitrogen and oxygen atoms in total. The summed E-state index contributed by atoms with van der Waals surface area (Å²) in [6.07, 6.45) is -0.424. The van der Waals surface area contributed by atoms with E-state index in [-0.39, 0.29) is 56.6 Å². The summed E-state index contributed by atoms with van der Waals surface area (Å²) < 4.78 is 46.1. The third kappa shape index (κ3) is 19.2. The van der Waals surface area contributed by atoms with Crippen LogP contribution in [0.2, 0.25) is 0 Å². The molecule has 2 saturated heterocycles. The molecular formula is C71H86F3N11O12S2. The van der Waals surface area contributed by atoms with E-state index in [1.165, 1.54) is 104 Å². The zero-order valence-electron chi connectivity index (χ0n) is 55.4. The van der Waals surface area contributed by atoms with Gasteiger partial charge in [0.1, 0.15) is 65.3 Å². The number of H-pyrrole nitrogens is 1. The molecular weight excluding hydrogens is 1320 g/mol. The molecule has 3 aliphatic heterocycles. The normalized spacial score (nSPS) is 26.0. The van der Waals surface area contributed by atoms with Gasteiger partial charge in [-0.1, -0.05) is 48.5 Å². The lowest BCUT2D eigenvalue weighted by Crippen LogP contribution is -2.64. The van der Waals surface area contributed by atoms with Gasteiger partial charge in [0.15, 0.2) is 5.78 Å². The van der Waals surface area contributed by atoms with Gasteiger partial charge in [0.2, 0.25) is 53.2 Å². The molecule has 99 heavy (non-hydrogen) atoms. The first-order chi connectivity index (χ1) is 47.3. The van der Waals surface area contributed by atoms with Crippen molar-refractivity contribution in [1.29, 1.82) is 0 Å². The summed E-state index contributed by atoms with van der Waals surface area (Å²) in [5.74, 6) is -9.52. The van der Waals surface area contributed by atoms with Gasteiger partial charge in [-0.3, -0.25) is 47.9 Å². The summed E-state index contributed by atoms with van der Waals surface area (Å²) in [6, 6.07) is 11.1. The first-order valence-corrected chi connectivity index (χ1v) is 35.6. The van der Waals surface area contributed by atoms with Crippen LogP contribution in [0.5, 0.6) is 5.75 Å². The molecule has 4 aromatic carbocycles. The highest BCUT2D eigenvalue weighted by Crippen LogP contribution is 2.35. The number of nitrogens with two attached hydrogens (primary N) is 2. The van der Waals surface area contributed by atoms with E-state index in [9.17, 15) is 48.2 Å². The Morgan fingerprint density at radius 3 is 2.21 bits per heavy atom. The third-order valence-corrected chi connectivity index (χ3v) is 20.8. The molecule has 4 heterocycles. The Kier molecular flexibility index (Phi) is 25.5. The predicted molar refractivity (Wildman–Crippen MR) is 368 cm³/mol. The maximum Gasteiger partial charge on any atom is 0.246 e. The van der Waals surface area contributed by atoms with Gasteiger partial charge < -0.3 is 68.4 Å². The van der Waals surface area contributed by atoms with E-state index in [0.29, 0.717) is 88.2 Å². The summed E-state index contributed by atoms with van der Waals surface area (Å²) in [5, 5.41) is 38.1. The summed E-state index contributed by atoms with van der Waals surface area (Å²) in [6.45, 7) is 3.74.